The predicted octanol–water partition coefficient (Wildman–Crippen LogP) is 1.42. The van der Waals surface area contributed by atoms with Gasteiger partial charge in [0.1, 0.15) is 12.0 Å². The van der Waals surface area contributed by atoms with Crippen LogP contribution in [0.5, 0.6) is 0 Å². The Labute approximate surface area is 85.8 Å². The number of allylic oxidation sites excluding steroid dienone is 1. The summed E-state index contributed by atoms with van der Waals surface area (Å²) >= 11 is 1.82. The van der Waals surface area contributed by atoms with E-state index in [-0.39, 0.29) is 0 Å². The second kappa shape index (κ2) is 3.10. The van der Waals surface area contributed by atoms with Gasteiger partial charge in [-0.1, -0.05) is 24.3 Å². The fourth-order valence-corrected chi connectivity index (χ4v) is 2.57. The minimum absolute atomic E-state index is 0.992. The zero-order chi connectivity index (χ0) is 9.38. The zero-order valence-corrected chi connectivity index (χ0v) is 8.29. The molecule has 0 saturated heterocycles. The Morgan fingerprint density at radius 2 is 2.29 bits per heavy atom. The summed E-state index contributed by atoms with van der Waals surface area (Å²) < 4.78 is 0. The molecule has 2 nitrogen and oxygen atoms in total. The zero-order valence-electron chi connectivity index (χ0n) is 7.47. The molecule has 3 heteroatoms. The third-order valence-corrected chi connectivity index (χ3v) is 3.34. The van der Waals surface area contributed by atoms with Crippen LogP contribution in [-0.4, -0.2) is 12.1 Å². The Balaban J connectivity index is 2.39. The number of aliphatic imine (C=N–C) groups is 1. The first-order chi connectivity index (χ1) is 6.95. The van der Waals surface area contributed by atoms with Crippen LogP contribution in [0.2, 0.25) is 0 Å². The molecule has 14 heavy (non-hydrogen) atoms. The van der Waals surface area contributed by atoms with Crippen molar-refractivity contribution in [1.29, 1.82) is 0 Å². The molecule has 0 spiro atoms. The molecule has 0 fully saturated rings. The lowest BCUT2D eigenvalue weighted by Gasteiger charge is -2.01. The lowest BCUT2D eigenvalue weighted by Crippen LogP contribution is -2.10. The molecule has 68 valence electrons. The normalized spacial score (nSPS) is 16.6. The van der Waals surface area contributed by atoms with E-state index in [0.717, 1.165) is 16.8 Å². The quantitative estimate of drug-likeness (QED) is 0.621. The highest BCUT2D eigenvalue weighted by molar-refractivity contribution is 7.99. The Hall–Kier alpha value is -1.35. The van der Waals surface area contributed by atoms with Crippen LogP contribution in [0.4, 0.5) is 5.69 Å². The van der Waals surface area contributed by atoms with Crippen LogP contribution in [0.3, 0.4) is 0 Å². The molecule has 0 radical (unpaired) electrons. The van der Waals surface area contributed by atoms with E-state index in [0.29, 0.717) is 0 Å². The molecule has 0 bridgehead atoms. The van der Waals surface area contributed by atoms with Crippen LogP contribution in [0, 0.1) is 0 Å². The molecular formula is C11H8N2S. The van der Waals surface area contributed by atoms with E-state index in [9.17, 15) is 0 Å². The Kier molecular flexibility index (Phi) is 1.77. The van der Waals surface area contributed by atoms with Gasteiger partial charge in [-0.3, -0.25) is 0 Å². The number of fused-ring (bicyclic) bond motifs is 3. The predicted molar refractivity (Wildman–Crippen MR) is 59.7 cm³/mol. The molecule has 0 N–H and O–H groups in total. The molecular weight excluding hydrogens is 192 g/mol. The summed E-state index contributed by atoms with van der Waals surface area (Å²) in [5, 5.41) is 2.24. The van der Waals surface area contributed by atoms with Crippen LogP contribution in [0.1, 0.15) is 0 Å². The van der Waals surface area contributed by atoms with Gasteiger partial charge in [-0.15, -0.1) is 11.8 Å². The lowest BCUT2D eigenvalue weighted by atomic mass is 10.2. The summed E-state index contributed by atoms with van der Waals surface area (Å²) in [6.45, 7) is 0. The van der Waals surface area contributed by atoms with Gasteiger partial charge in [0.15, 0.2) is 0 Å². The summed E-state index contributed by atoms with van der Waals surface area (Å²) in [4.78, 5) is 9.75. The van der Waals surface area contributed by atoms with Crippen LogP contribution in [0.25, 0.3) is 6.08 Å². The first-order valence-electron chi connectivity index (χ1n) is 4.48. The minimum atomic E-state index is 0.992. The molecule has 0 amide bonds. The van der Waals surface area contributed by atoms with Crippen molar-refractivity contribution in [2.75, 3.05) is 5.75 Å². The van der Waals surface area contributed by atoms with Crippen molar-refractivity contribution in [3.05, 3.63) is 34.9 Å². The lowest BCUT2D eigenvalue weighted by molar-refractivity contribution is 1.30. The summed E-state index contributed by atoms with van der Waals surface area (Å²) in [6.07, 6.45) is 8.02. The molecule has 0 aliphatic carbocycles. The van der Waals surface area contributed by atoms with Gasteiger partial charge in [0.2, 0.25) is 0 Å². The molecule has 0 unspecified atom stereocenters. The van der Waals surface area contributed by atoms with Crippen LogP contribution < -0.4 is 10.6 Å². The Morgan fingerprint density at radius 1 is 1.29 bits per heavy atom. The van der Waals surface area contributed by atoms with Crippen molar-refractivity contribution in [3.63, 3.8) is 0 Å². The van der Waals surface area contributed by atoms with Gasteiger partial charge in [-0.25, -0.2) is 9.98 Å². The van der Waals surface area contributed by atoms with E-state index < -0.39 is 0 Å². The van der Waals surface area contributed by atoms with Crippen molar-refractivity contribution < 1.29 is 0 Å². The number of hydrogen-bond acceptors (Lipinski definition) is 3. The second-order valence-corrected chi connectivity index (χ2v) is 4.16. The average Bonchev–Trinajstić information content (AvgIpc) is 2.55. The molecule has 2 heterocycles. The Bertz CT molecular complexity index is 555. The van der Waals surface area contributed by atoms with Gasteiger partial charge in [0.05, 0.1) is 5.36 Å². The highest BCUT2D eigenvalue weighted by atomic mass is 32.2. The molecule has 0 atom stereocenters. The average molecular weight is 200 g/mol. The van der Waals surface area contributed by atoms with Gasteiger partial charge in [0, 0.05) is 10.6 Å². The van der Waals surface area contributed by atoms with Crippen LogP contribution >= 0.6 is 11.8 Å². The summed E-state index contributed by atoms with van der Waals surface area (Å²) in [5.41, 5.74) is 1.03. The van der Waals surface area contributed by atoms with E-state index in [1.54, 1.807) is 6.34 Å². The van der Waals surface area contributed by atoms with Crippen LogP contribution in [-0.2, 0) is 0 Å². The summed E-state index contributed by atoms with van der Waals surface area (Å²) in [7, 11) is 0. The fourth-order valence-electron chi connectivity index (χ4n) is 1.60. The maximum absolute atomic E-state index is 4.29. The van der Waals surface area contributed by atoms with E-state index in [1.165, 1.54) is 10.1 Å². The SMILES string of the molecule is C1=CCSc2c3c(ccc2=C1)=NC=N3. The molecule has 1 aromatic rings. The summed E-state index contributed by atoms with van der Waals surface area (Å²) in [6, 6.07) is 4.13. The third-order valence-electron chi connectivity index (χ3n) is 2.26. The maximum atomic E-state index is 4.29. The molecule has 1 aromatic carbocycles. The van der Waals surface area contributed by atoms with E-state index in [4.69, 9.17) is 0 Å². The molecule has 0 aromatic heterocycles. The van der Waals surface area contributed by atoms with Gasteiger partial charge >= 0.3 is 0 Å². The number of benzene rings is 1. The van der Waals surface area contributed by atoms with Crippen molar-refractivity contribution in [2.24, 2.45) is 9.98 Å². The highest BCUT2D eigenvalue weighted by Gasteiger charge is 2.09. The van der Waals surface area contributed by atoms with E-state index in [2.05, 4.69) is 34.3 Å². The first-order valence-corrected chi connectivity index (χ1v) is 5.47. The van der Waals surface area contributed by atoms with Gasteiger partial charge in [-0.2, -0.15) is 0 Å². The van der Waals surface area contributed by atoms with Crippen molar-refractivity contribution >= 4 is 29.9 Å². The minimum Gasteiger partial charge on any atom is -0.235 e. The third kappa shape index (κ3) is 1.13. The number of rotatable bonds is 0. The van der Waals surface area contributed by atoms with E-state index in [1.807, 2.05) is 17.8 Å². The molecule has 3 rings (SSSR count). The largest absolute Gasteiger partial charge is 0.235 e. The molecule has 2 aliphatic rings. The van der Waals surface area contributed by atoms with E-state index >= 15 is 0 Å². The first kappa shape index (κ1) is 8.00. The van der Waals surface area contributed by atoms with Gasteiger partial charge < -0.3 is 0 Å². The fraction of sp³-hybridized carbons (Fsp3) is 0.0909. The summed E-state index contributed by atoms with van der Waals surface area (Å²) in [5.74, 6) is 1.01. The van der Waals surface area contributed by atoms with Crippen LogP contribution in [0.15, 0.2) is 39.2 Å². The molecule has 2 aliphatic heterocycles. The van der Waals surface area contributed by atoms with Gasteiger partial charge in [-0.05, 0) is 11.3 Å². The maximum Gasteiger partial charge on any atom is 0.116 e. The van der Waals surface area contributed by atoms with Crippen molar-refractivity contribution in [3.8, 4) is 0 Å². The monoisotopic (exact) mass is 200 g/mol. The smallest absolute Gasteiger partial charge is 0.116 e. The number of hydrogen-bond donors (Lipinski definition) is 0. The standard InChI is InChI=1S/C11H8N2S/c1-2-6-14-11-8(3-1)4-5-9-10(11)13-7-12-9/h1-5,7H,6H2. The molecule has 0 saturated carbocycles. The number of nitrogens with zero attached hydrogens (tertiary/aromatic N) is 2. The highest BCUT2D eigenvalue weighted by Crippen LogP contribution is 2.25. The van der Waals surface area contributed by atoms with Crippen molar-refractivity contribution in [1.82, 2.24) is 0 Å². The van der Waals surface area contributed by atoms with Crippen molar-refractivity contribution in [2.45, 2.75) is 4.90 Å². The second-order valence-electron chi connectivity index (χ2n) is 3.13. The Morgan fingerprint density at radius 3 is 3.29 bits per heavy atom. The topological polar surface area (TPSA) is 24.7 Å². The van der Waals surface area contributed by atoms with Gasteiger partial charge in [0.25, 0.3) is 0 Å². The number of thioether (sulfide) groups is 1.